The summed E-state index contributed by atoms with van der Waals surface area (Å²) in [6.45, 7) is 2.01. The van der Waals surface area contributed by atoms with Crippen LogP contribution in [0.15, 0.2) is 84.1 Å². The Morgan fingerprint density at radius 2 is 1.69 bits per heavy atom. The second-order valence-corrected chi connectivity index (χ2v) is 9.38. The van der Waals surface area contributed by atoms with Crippen LogP contribution in [0.3, 0.4) is 0 Å². The number of halogens is 3. The van der Waals surface area contributed by atoms with Gasteiger partial charge in [0.1, 0.15) is 11.5 Å². The topological polar surface area (TPSA) is 67.9 Å². The van der Waals surface area contributed by atoms with E-state index in [0.29, 0.717) is 39.8 Å². The van der Waals surface area contributed by atoms with Crippen molar-refractivity contribution in [2.75, 3.05) is 23.9 Å². The zero-order chi connectivity index (χ0) is 27.7. The van der Waals surface area contributed by atoms with Gasteiger partial charge in [-0.25, -0.2) is 0 Å². The van der Waals surface area contributed by atoms with Crippen LogP contribution in [0.5, 0.6) is 11.5 Å². The van der Waals surface area contributed by atoms with E-state index in [2.05, 4.69) is 5.32 Å². The molecule has 0 unspecified atom stereocenters. The first-order chi connectivity index (χ1) is 18.7. The van der Waals surface area contributed by atoms with Gasteiger partial charge in [-0.1, -0.05) is 42.5 Å². The van der Waals surface area contributed by atoms with E-state index in [1.54, 1.807) is 56.5 Å². The van der Waals surface area contributed by atoms with Crippen molar-refractivity contribution < 1.29 is 32.2 Å². The third-order valence-corrected chi connectivity index (χ3v) is 7.05. The Balaban J connectivity index is 1.73. The summed E-state index contributed by atoms with van der Waals surface area (Å²) in [4.78, 5) is 27.7. The smallest absolute Gasteiger partial charge is 0.471 e. The van der Waals surface area contributed by atoms with Crippen LogP contribution in [0.1, 0.15) is 42.9 Å². The van der Waals surface area contributed by atoms with Gasteiger partial charge in [-0.15, -0.1) is 0 Å². The van der Waals surface area contributed by atoms with Crippen molar-refractivity contribution in [3.63, 3.8) is 0 Å². The number of hydrogen-bond acceptors (Lipinski definition) is 5. The van der Waals surface area contributed by atoms with Gasteiger partial charge in [0.05, 0.1) is 31.1 Å². The second-order valence-electron chi connectivity index (χ2n) is 9.38. The summed E-state index contributed by atoms with van der Waals surface area (Å²) in [7, 11) is 1.57. The maximum Gasteiger partial charge on any atom is 0.471 e. The van der Waals surface area contributed by atoms with Crippen molar-refractivity contribution in [1.29, 1.82) is 0 Å². The molecule has 0 fully saturated rings. The van der Waals surface area contributed by atoms with E-state index in [4.69, 9.17) is 9.47 Å². The maximum atomic E-state index is 14.1. The number of anilines is 2. The number of nitrogens with one attached hydrogen (secondary N) is 1. The molecule has 0 radical (unpaired) electrons. The summed E-state index contributed by atoms with van der Waals surface area (Å²) in [5.41, 5.74) is 2.15. The average molecular weight is 537 g/mol. The van der Waals surface area contributed by atoms with Gasteiger partial charge in [-0.2, -0.15) is 13.2 Å². The van der Waals surface area contributed by atoms with E-state index in [1.165, 1.54) is 6.07 Å². The molecule has 2 aliphatic rings. The third-order valence-electron chi connectivity index (χ3n) is 7.05. The molecule has 1 amide bonds. The van der Waals surface area contributed by atoms with Crippen LogP contribution in [-0.4, -0.2) is 31.6 Å². The van der Waals surface area contributed by atoms with E-state index in [9.17, 15) is 22.8 Å². The van der Waals surface area contributed by atoms with Gasteiger partial charge >= 0.3 is 12.1 Å². The minimum atomic E-state index is -5.18. The monoisotopic (exact) mass is 536 g/mol. The number of para-hydroxylation sites is 3. The minimum absolute atomic E-state index is 0.0272. The standard InChI is InChI=1S/C30H27F3N2O4/c1-3-39-26-11-7-4-8-21(26)28-27-23(16-19(17-25(27)36)18-12-14-20(38-2)15-13-18)34-22-9-5-6-10-24(22)35(28)29(37)30(31,32)33/h4-15,19,28,34H,3,16-17H2,1-2H3/t19-,28-/m0/s1. The minimum Gasteiger partial charge on any atom is -0.497 e. The first-order valence-electron chi connectivity index (χ1n) is 12.6. The average Bonchev–Trinajstić information content (AvgIpc) is 3.07. The van der Waals surface area contributed by atoms with E-state index in [0.717, 1.165) is 5.56 Å². The van der Waals surface area contributed by atoms with Gasteiger partial charge in [0.15, 0.2) is 5.78 Å². The highest BCUT2D eigenvalue weighted by molar-refractivity contribution is 6.08. The number of benzene rings is 3. The van der Waals surface area contributed by atoms with E-state index in [1.807, 2.05) is 24.3 Å². The molecule has 1 aliphatic heterocycles. The van der Waals surface area contributed by atoms with Crippen LogP contribution in [0.25, 0.3) is 0 Å². The molecule has 0 aromatic heterocycles. The fourth-order valence-electron chi connectivity index (χ4n) is 5.35. The molecule has 1 aliphatic carbocycles. The van der Waals surface area contributed by atoms with Crippen molar-refractivity contribution in [1.82, 2.24) is 0 Å². The number of allylic oxidation sites excluding steroid dienone is 1. The Morgan fingerprint density at radius 1 is 1.00 bits per heavy atom. The molecule has 3 aromatic rings. The number of fused-ring (bicyclic) bond motifs is 1. The number of carbonyl (C=O) groups excluding carboxylic acids is 2. The van der Waals surface area contributed by atoms with Crippen LogP contribution in [0, 0.1) is 0 Å². The van der Waals surface area contributed by atoms with Crippen LogP contribution in [0.4, 0.5) is 24.5 Å². The number of rotatable bonds is 5. The molecule has 6 nitrogen and oxygen atoms in total. The molecular weight excluding hydrogens is 509 g/mol. The summed E-state index contributed by atoms with van der Waals surface area (Å²) in [6.07, 6.45) is -4.74. The highest BCUT2D eigenvalue weighted by Gasteiger charge is 2.50. The number of amides is 1. The molecule has 9 heteroatoms. The number of Topliss-reactive ketones (excluding diaryl/α,β-unsaturated/α-hetero) is 1. The molecule has 1 N–H and O–H groups in total. The Hall–Kier alpha value is -4.27. The number of ether oxygens (including phenoxy) is 2. The fourth-order valence-corrected chi connectivity index (χ4v) is 5.35. The molecule has 0 saturated heterocycles. The summed E-state index contributed by atoms with van der Waals surface area (Å²) in [5, 5.41) is 3.23. The molecule has 0 bridgehead atoms. The number of ketones is 1. The lowest BCUT2D eigenvalue weighted by molar-refractivity contribution is -0.170. The van der Waals surface area contributed by atoms with Gasteiger partial charge in [-0.05, 0) is 55.2 Å². The summed E-state index contributed by atoms with van der Waals surface area (Å²) < 4.78 is 53.4. The van der Waals surface area contributed by atoms with E-state index < -0.39 is 18.1 Å². The first-order valence-corrected chi connectivity index (χ1v) is 12.6. The van der Waals surface area contributed by atoms with E-state index in [-0.39, 0.29) is 36.0 Å². The van der Waals surface area contributed by atoms with Crippen molar-refractivity contribution in [2.24, 2.45) is 0 Å². The van der Waals surface area contributed by atoms with Gasteiger partial charge in [0, 0.05) is 23.3 Å². The lowest BCUT2D eigenvalue weighted by Crippen LogP contribution is -2.45. The molecule has 0 saturated carbocycles. The first kappa shape index (κ1) is 26.3. The summed E-state index contributed by atoms with van der Waals surface area (Å²) in [5.74, 6) is -1.63. The molecule has 39 heavy (non-hydrogen) atoms. The number of carbonyl (C=O) groups is 2. The largest absolute Gasteiger partial charge is 0.497 e. The van der Waals surface area contributed by atoms with Crippen LogP contribution in [-0.2, 0) is 9.59 Å². The van der Waals surface area contributed by atoms with Gasteiger partial charge in [0.25, 0.3) is 0 Å². The maximum absolute atomic E-state index is 14.1. The van der Waals surface area contributed by atoms with Crippen LogP contribution in [0.2, 0.25) is 0 Å². The second kappa shape index (κ2) is 10.5. The van der Waals surface area contributed by atoms with Crippen molar-refractivity contribution in [2.45, 2.75) is 37.9 Å². The SMILES string of the molecule is CCOc1ccccc1[C@H]1C2=C(C[C@H](c3ccc(OC)cc3)CC2=O)Nc2ccccc2N1C(=O)C(F)(F)F. The van der Waals surface area contributed by atoms with E-state index >= 15 is 0 Å². The Kier molecular flexibility index (Phi) is 7.08. The summed E-state index contributed by atoms with van der Waals surface area (Å²) in [6, 6.07) is 18.9. The molecule has 202 valence electrons. The normalized spacial score (nSPS) is 19.0. The van der Waals surface area contributed by atoms with Crippen LogP contribution >= 0.6 is 0 Å². The number of methoxy groups -OCH3 is 1. The zero-order valence-electron chi connectivity index (χ0n) is 21.4. The zero-order valence-corrected chi connectivity index (χ0v) is 21.4. The van der Waals surface area contributed by atoms with Gasteiger partial charge in [-0.3, -0.25) is 14.5 Å². The number of alkyl halides is 3. The molecule has 3 aromatic carbocycles. The Morgan fingerprint density at radius 3 is 2.38 bits per heavy atom. The van der Waals surface area contributed by atoms with Crippen molar-refractivity contribution in [3.05, 3.63) is 95.2 Å². The Bertz CT molecular complexity index is 1430. The summed E-state index contributed by atoms with van der Waals surface area (Å²) >= 11 is 0. The highest BCUT2D eigenvalue weighted by atomic mass is 19.4. The molecular formula is C30H27F3N2O4. The third kappa shape index (κ3) is 4.96. The lowest BCUT2D eigenvalue weighted by atomic mass is 9.78. The van der Waals surface area contributed by atoms with Gasteiger partial charge in [0.2, 0.25) is 0 Å². The predicted octanol–water partition coefficient (Wildman–Crippen LogP) is 6.56. The van der Waals surface area contributed by atoms with Crippen molar-refractivity contribution >= 4 is 23.1 Å². The molecule has 2 atom stereocenters. The fraction of sp³-hybridized carbons (Fsp3) is 0.267. The quantitative estimate of drug-likeness (QED) is 0.400. The Labute approximate surface area is 224 Å². The highest BCUT2D eigenvalue weighted by Crippen LogP contribution is 2.50. The van der Waals surface area contributed by atoms with Crippen molar-refractivity contribution in [3.8, 4) is 11.5 Å². The molecule has 1 heterocycles. The lowest BCUT2D eigenvalue weighted by Gasteiger charge is -2.36. The molecule has 0 spiro atoms. The number of hydrogen-bond donors (Lipinski definition) is 1. The predicted molar refractivity (Wildman–Crippen MR) is 141 cm³/mol. The van der Waals surface area contributed by atoms with Gasteiger partial charge < -0.3 is 14.8 Å². The number of nitrogens with zero attached hydrogens (tertiary/aromatic N) is 1. The molecule has 5 rings (SSSR count). The van der Waals surface area contributed by atoms with Crippen LogP contribution < -0.4 is 19.7 Å².